The van der Waals surface area contributed by atoms with Gasteiger partial charge in [0.05, 0.1) is 28.1 Å². The van der Waals surface area contributed by atoms with Crippen LogP contribution in [0, 0.1) is 58.2 Å². The van der Waals surface area contributed by atoms with Crippen LogP contribution in [-0.4, -0.2) is 77.0 Å². The number of halogens is 4. The highest BCUT2D eigenvalue weighted by Crippen LogP contribution is 2.36. The molecule has 0 radical (unpaired) electrons. The number of benzene rings is 2. The molecule has 0 saturated heterocycles. The van der Waals surface area contributed by atoms with E-state index in [2.05, 4.69) is 42.4 Å². The second-order valence-electron chi connectivity index (χ2n) is 20.5. The lowest BCUT2D eigenvalue weighted by Gasteiger charge is -2.30. The molecule has 4 aliphatic carbocycles. The van der Waals surface area contributed by atoms with E-state index in [9.17, 15) is 19.2 Å². The van der Waals surface area contributed by atoms with Crippen molar-refractivity contribution in [3.8, 4) is 0 Å². The van der Waals surface area contributed by atoms with E-state index in [0.717, 1.165) is 85.9 Å². The minimum absolute atomic E-state index is 0. The molecule has 0 aromatic heterocycles. The Balaban J connectivity index is 0.000000473. The van der Waals surface area contributed by atoms with E-state index >= 15 is 0 Å². The summed E-state index contributed by atoms with van der Waals surface area (Å²) in [5.41, 5.74) is 18.3. The average molecular weight is 1240 g/mol. The Morgan fingerprint density at radius 1 is 0.507 bits per heavy atom. The molecule has 0 bridgehead atoms. The Labute approximate surface area is 467 Å². The number of nitrogens with zero attached hydrogens (tertiary/aromatic N) is 2. The van der Waals surface area contributed by atoms with E-state index in [1.165, 1.54) is 113 Å². The van der Waals surface area contributed by atoms with Gasteiger partial charge in [0.1, 0.15) is 0 Å². The predicted molar refractivity (Wildman–Crippen MR) is 283 cm³/mol. The third-order valence-electron chi connectivity index (χ3n) is 16.0. The number of nitrogens with two attached hydrogens (primary N) is 3. The Kier molecular flexibility index (Phi) is 33.7. The average Bonchev–Trinajstić information content (AvgIpc) is 3.77. The lowest BCUT2D eigenvalue weighted by Crippen LogP contribution is -3.00. The van der Waals surface area contributed by atoms with Crippen molar-refractivity contribution in [2.75, 3.05) is 32.0 Å². The highest BCUT2D eigenvalue weighted by atomic mass is 79.9. The molecule has 402 valence electrons. The number of amidine groups is 1. The molecule has 2 aliphatic heterocycles. The maximum atomic E-state index is 12.3. The van der Waals surface area contributed by atoms with Crippen LogP contribution >= 0.6 is 15.9 Å². The number of hydrogen-bond donors (Lipinski definition) is 5. The third kappa shape index (κ3) is 20.7. The van der Waals surface area contributed by atoms with E-state index in [-0.39, 0.29) is 80.4 Å². The minimum atomic E-state index is -0.117. The summed E-state index contributed by atoms with van der Waals surface area (Å²) in [6, 6.07) is 14.3. The lowest BCUT2D eigenvalue weighted by atomic mass is 9.79. The summed E-state index contributed by atoms with van der Waals surface area (Å²) < 4.78 is 0. The maximum absolute atomic E-state index is 12.3. The fourth-order valence-electron chi connectivity index (χ4n) is 11.2. The van der Waals surface area contributed by atoms with Gasteiger partial charge in [0.2, 0.25) is 0 Å². The second kappa shape index (κ2) is 35.8. The predicted octanol–water partition coefficient (Wildman–Crippen LogP) is 3.06. The Morgan fingerprint density at radius 3 is 1.07 bits per heavy atom. The number of alkyl halides is 1. The van der Waals surface area contributed by atoms with Gasteiger partial charge in [0.25, 0.3) is 23.6 Å². The van der Waals surface area contributed by atoms with Gasteiger partial charge in [-0.3, -0.25) is 34.4 Å². The molecule has 6 aliphatic rings. The molecular weight excluding hydrogens is 1150 g/mol. The standard InChI is InChI=1S/C17H21NO2.C16H18BrNO2.C13H25N3.C9H19N.CH5N.3BrH/c1-2-12-7-9-13(10-8-12)11-18-16(19)14-5-3-4-6-15(14)17(18)20;17-9-11-5-7-12(8-6-11)10-18-15(19)13-3-1-2-4-14(13)16(18)20;1-2-10-3-5-11(6-4-10)7-8-12(14)9-13(15)16;1-2-8-3-5-9(7-10)6-4-8;1-2;;;/h3-6,12-13H,2,7-11H2,1H3;1-4,11-12H,5-10H2;10-11,14H,2-9H2,1H3,(H3,15,16);8-9H,2-7,10H2,1H3;2H2,1H3;3*1H/p-3. The number of carbonyl (C=O) groups is 4. The van der Waals surface area contributed by atoms with Crippen LogP contribution in [0.15, 0.2) is 48.5 Å². The number of hydrogen-bond acceptors (Lipinski definition) is 8. The molecule has 8 rings (SSSR count). The molecule has 2 aromatic carbocycles. The maximum Gasteiger partial charge on any atom is 0.261 e. The van der Waals surface area contributed by atoms with Crippen LogP contribution in [-0.2, 0) is 0 Å². The van der Waals surface area contributed by atoms with Crippen molar-refractivity contribution in [1.82, 2.24) is 9.80 Å². The van der Waals surface area contributed by atoms with E-state index in [4.69, 9.17) is 22.3 Å². The largest absolute Gasteiger partial charge is 1.00 e. The van der Waals surface area contributed by atoms with Gasteiger partial charge in [0.15, 0.2) is 0 Å². The number of amides is 4. The molecule has 4 fully saturated rings. The first-order chi connectivity index (χ1) is 32.9. The summed E-state index contributed by atoms with van der Waals surface area (Å²) in [5.74, 6) is 5.86. The Bertz CT molecular complexity index is 1730. The summed E-state index contributed by atoms with van der Waals surface area (Å²) in [4.78, 5) is 52.1. The van der Waals surface area contributed by atoms with Gasteiger partial charge in [-0.2, -0.15) is 0 Å². The first-order valence-corrected chi connectivity index (χ1v) is 27.6. The van der Waals surface area contributed by atoms with Crippen LogP contribution in [0.25, 0.3) is 0 Å². The van der Waals surface area contributed by atoms with E-state index < -0.39 is 0 Å². The summed E-state index contributed by atoms with van der Waals surface area (Å²) in [6.45, 7) is 8.93. The molecule has 4 amide bonds. The van der Waals surface area contributed by atoms with Gasteiger partial charge >= 0.3 is 0 Å². The monoisotopic (exact) mass is 1240 g/mol. The number of imide groups is 2. The Morgan fingerprint density at radius 2 is 0.789 bits per heavy atom. The number of carbonyl (C=O) groups excluding carboxylic acids is 4. The van der Waals surface area contributed by atoms with Gasteiger partial charge in [0, 0.05) is 30.6 Å². The molecule has 11 nitrogen and oxygen atoms in total. The van der Waals surface area contributed by atoms with Gasteiger partial charge < -0.3 is 73.6 Å². The number of rotatable bonds is 14. The van der Waals surface area contributed by atoms with Crippen molar-refractivity contribution in [3.05, 3.63) is 70.8 Å². The van der Waals surface area contributed by atoms with Crippen molar-refractivity contribution in [3.63, 3.8) is 0 Å². The normalized spacial score (nSPS) is 25.2. The molecule has 71 heavy (non-hydrogen) atoms. The van der Waals surface area contributed by atoms with Gasteiger partial charge in [-0.05, 0) is 149 Å². The van der Waals surface area contributed by atoms with Crippen LogP contribution in [0.3, 0.4) is 0 Å². The molecule has 2 aromatic rings. The molecule has 0 atom stereocenters. The second-order valence-corrected chi connectivity index (χ2v) is 21.2. The SMILES string of the molecule is CCC1CCC(CCC(=N)CC(=N)N)CC1.CCC1CCC(CN)CC1.CCC1CCC(CN2C(=O)c3ccccc3C2=O)CC1.CN.O=C1c2ccccc2C(=O)N1CC1CCC(CBr)CC1.[Br-].[Br-].[Br-]. The quantitative estimate of drug-likeness (QED) is 0.0829. The van der Waals surface area contributed by atoms with Gasteiger partial charge in [-0.15, -0.1) is 0 Å². The molecule has 2 heterocycles. The fourth-order valence-corrected chi connectivity index (χ4v) is 11.9. The molecule has 15 heteroatoms. The first-order valence-electron chi connectivity index (χ1n) is 26.5. The number of fused-ring (bicyclic) bond motifs is 2. The van der Waals surface area contributed by atoms with E-state index in [1.807, 2.05) is 24.3 Å². The third-order valence-corrected chi connectivity index (χ3v) is 17.0. The van der Waals surface area contributed by atoms with E-state index in [1.54, 1.807) is 24.3 Å². The summed E-state index contributed by atoms with van der Waals surface area (Å²) in [7, 11) is 1.50. The topological polar surface area (TPSA) is 201 Å². The van der Waals surface area contributed by atoms with Crippen LogP contribution in [0.4, 0.5) is 0 Å². The van der Waals surface area contributed by atoms with Crippen molar-refractivity contribution in [2.45, 2.75) is 162 Å². The molecular formula is C56H88Br4N7O4-3. The van der Waals surface area contributed by atoms with Gasteiger partial charge in [-0.25, -0.2) is 0 Å². The number of nitrogens with one attached hydrogen (secondary N) is 2. The smallest absolute Gasteiger partial charge is 0.261 e. The van der Waals surface area contributed by atoms with Crippen LogP contribution in [0.1, 0.15) is 203 Å². The first kappa shape index (κ1) is 66.7. The van der Waals surface area contributed by atoms with Crippen molar-refractivity contribution < 1.29 is 70.1 Å². The van der Waals surface area contributed by atoms with Crippen molar-refractivity contribution in [1.29, 1.82) is 10.8 Å². The summed E-state index contributed by atoms with van der Waals surface area (Å²) in [5, 5.41) is 15.9. The van der Waals surface area contributed by atoms with Gasteiger partial charge in [-0.1, -0.05) is 132 Å². The Hall–Kier alpha value is -2.30. The lowest BCUT2D eigenvalue weighted by molar-refractivity contribution is -0.00100. The van der Waals surface area contributed by atoms with Crippen molar-refractivity contribution in [2.24, 2.45) is 64.5 Å². The van der Waals surface area contributed by atoms with Crippen LogP contribution in [0.2, 0.25) is 0 Å². The van der Waals surface area contributed by atoms with Crippen LogP contribution in [0.5, 0.6) is 0 Å². The molecule has 8 N–H and O–H groups in total. The van der Waals surface area contributed by atoms with E-state index in [0.29, 0.717) is 59.3 Å². The summed E-state index contributed by atoms with van der Waals surface area (Å²) in [6.07, 6.45) is 26.7. The van der Waals surface area contributed by atoms with Crippen molar-refractivity contribution >= 4 is 51.1 Å². The highest BCUT2D eigenvalue weighted by Gasteiger charge is 2.38. The van der Waals surface area contributed by atoms with Crippen LogP contribution < -0.4 is 68.1 Å². The fraction of sp³-hybridized carbons (Fsp3) is 0.679. The minimum Gasteiger partial charge on any atom is -1.00 e. The molecule has 0 spiro atoms. The zero-order valence-electron chi connectivity index (χ0n) is 43.4. The highest BCUT2D eigenvalue weighted by molar-refractivity contribution is 9.09. The molecule has 0 unspecified atom stereocenters. The molecule has 4 saturated carbocycles. The summed E-state index contributed by atoms with van der Waals surface area (Å²) >= 11 is 3.54. The zero-order valence-corrected chi connectivity index (χ0v) is 49.7. The zero-order chi connectivity index (χ0) is 49.6.